The molecule has 1 aromatic heterocycles. The van der Waals surface area contributed by atoms with Gasteiger partial charge in [0.1, 0.15) is 0 Å². The largest absolute Gasteiger partial charge is 0.459 e. The number of carbonyl (C=O) groups is 2. The molecule has 0 atom stereocenters. The first-order chi connectivity index (χ1) is 11.6. The smallest absolute Gasteiger partial charge is 0.291 e. The summed E-state index contributed by atoms with van der Waals surface area (Å²) >= 11 is 5.83. The Hall–Kier alpha value is -3.05. The van der Waals surface area contributed by atoms with Gasteiger partial charge in [0.2, 0.25) is 0 Å². The predicted octanol–water partition coefficient (Wildman–Crippen LogP) is 4.44. The molecule has 1 heterocycles. The number of amides is 2. The van der Waals surface area contributed by atoms with Crippen molar-refractivity contribution in [3.05, 3.63) is 83.3 Å². The van der Waals surface area contributed by atoms with E-state index in [2.05, 4.69) is 10.6 Å². The molecule has 0 saturated heterocycles. The first-order valence-electron chi connectivity index (χ1n) is 7.14. The van der Waals surface area contributed by atoms with E-state index in [1.54, 1.807) is 60.7 Å². The molecular weight excluding hydrogens is 328 g/mol. The van der Waals surface area contributed by atoms with Gasteiger partial charge in [-0.05, 0) is 48.5 Å². The Morgan fingerprint density at radius 2 is 1.58 bits per heavy atom. The molecule has 0 aliphatic carbocycles. The number of furan rings is 1. The molecule has 0 aliphatic heterocycles. The van der Waals surface area contributed by atoms with E-state index >= 15 is 0 Å². The van der Waals surface area contributed by atoms with Gasteiger partial charge in [0.05, 0.1) is 17.5 Å². The fourth-order valence-electron chi connectivity index (χ4n) is 2.11. The molecule has 0 unspecified atom stereocenters. The number of rotatable bonds is 4. The number of para-hydroxylation sites is 1. The third-order valence-electron chi connectivity index (χ3n) is 3.27. The number of carbonyl (C=O) groups excluding carboxylic acids is 2. The van der Waals surface area contributed by atoms with E-state index in [4.69, 9.17) is 16.0 Å². The maximum atomic E-state index is 12.5. The van der Waals surface area contributed by atoms with Gasteiger partial charge in [0, 0.05) is 10.7 Å². The third kappa shape index (κ3) is 3.64. The van der Waals surface area contributed by atoms with Gasteiger partial charge in [-0.3, -0.25) is 9.59 Å². The number of anilines is 2. The van der Waals surface area contributed by atoms with Gasteiger partial charge >= 0.3 is 0 Å². The van der Waals surface area contributed by atoms with E-state index in [-0.39, 0.29) is 11.7 Å². The van der Waals surface area contributed by atoms with E-state index < -0.39 is 5.91 Å². The van der Waals surface area contributed by atoms with Crippen LogP contribution in [-0.2, 0) is 0 Å². The van der Waals surface area contributed by atoms with Crippen LogP contribution in [0, 0.1) is 0 Å². The molecule has 0 radical (unpaired) electrons. The highest BCUT2D eigenvalue weighted by molar-refractivity contribution is 6.30. The number of hydrogen-bond acceptors (Lipinski definition) is 3. The van der Waals surface area contributed by atoms with Crippen LogP contribution in [0.25, 0.3) is 0 Å². The zero-order valence-corrected chi connectivity index (χ0v) is 13.2. The molecule has 2 amide bonds. The van der Waals surface area contributed by atoms with Crippen molar-refractivity contribution >= 4 is 34.8 Å². The van der Waals surface area contributed by atoms with E-state index in [9.17, 15) is 9.59 Å². The van der Waals surface area contributed by atoms with Crippen molar-refractivity contribution in [1.82, 2.24) is 0 Å². The van der Waals surface area contributed by atoms with Crippen molar-refractivity contribution in [2.24, 2.45) is 0 Å². The van der Waals surface area contributed by atoms with Crippen LogP contribution in [0.4, 0.5) is 11.4 Å². The molecule has 6 heteroatoms. The monoisotopic (exact) mass is 340 g/mol. The van der Waals surface area contributed by atoms with Gasteiger partial charge in [-0.15, -0.1) is 0 Å². The molecule has 0 saturated carbocycles. The summed E-state index contributed by atoms with van der Waals surface area (Å²) in [7, 11) is 0. The minimum absolute atomic E-state index is 0.169. The number of nitrogens with one attached hydrogen (secondary N) is 2. The Balaban J connectivity index is 1.79. The summed E-state index contributed by atoms with van der Waals surface area (Å²) in [5, 5.41) is 6.02. The van der Waals surface area contributed by atoms with Crippen LogP contribution in [-0.4, -0.2) is 11.8 Å². The first-order valence-corrected chi connectivity index (χ1v) is 7.52. The Morgan fingerprint density at radius 1 is 0.833 bits per heavy atom. The Labute approximate surface area is 143 Å². The molecule has 0 fully saturated rings. The molecule has 0 spiro atoms. The summed E-state index contributed by atoms with van der Waals surface area (Å²) in [4.78, 5) is 24.6. The van der Waals surface area contributed by atoms with Gasteiger partial charge in [-0.1, -0.05) is 23.7 Å². The van der Waals surface area contributed by atoms with Crippen molar-refractivity contribution in [3.63, 3.8) is 0 Å². The van der Waals surface area contributed by atoms with Crippen LogP contribution >= 0.6 is 11.6 Å². The van der Waals surface area contributed by atoms with Gasteiger partial charge in [0.25, 0.3) is 11.8 Å². The van der Waals surface area contributed by atoms with E-state index in [0.717, 1.165) is 0 Å². The quantitative estimate of drug-likeness (QED) is 0.737. The van der Waals surface area contributed by atoms with Gasteiger partial charge in [0.15, 0.2) is 5.76 Å². The average molecular weight is 341 g/mol. The second kappa shape index (κ2) is 7.02. The molecule has 24 heavy (non-hydrogen) atoms. The molecule has 2 aromatic carbocycles. The van der Waals surface area contributed by atoms with Crippen molar-refractivity contribution in [1.29, 1.82) is 0 Å². The summed E-state index contributed by atoms with van der Waals surface area (Å²) < 4.78 is 5.05. The number of halogens is 1. The lowest BCUT2D eigenvalue weighted by atomic mass is 10.1. The summed E-state index contributed by atoms with van der Waals surface area (Å²) in [6.07, 6.45) is 1.41. The normalized spacial score (nSPS) is 10.2. The van der Waals surface area contributed by atoms with Crippen LogP contribution < -0.4 is 10.6 Å². The Bertz CT molecular complexity index is 858. The second-order valence-electron chi connectivity index (χ2n) is 4.94. The van der Waals surface area contributed by atoms with Gasteiger partial charge in [-0.25, -0.2) is 0 Å². The molecule has 120 valence electrons. The Morgan fingerprint density at radius 3 is 2.29 bits per heavy atom. The van der Waals surface area contributed by atoms with Crippen LogP contribution in [0.3, 0.4) is 0 Å². The predicted molar refractivity (Wildman–Crippen MR) is 92.5 cm³/mol. The zero-order chi connectivity index (χ0) is 16.9. The molecular formula is C18H13ClN2O3. The number of benzene rings is 2. The van der Waals surface area contributed by atoms with Crippen molar-refractivity contribution in [2.45, 2.75) is 0 Å². The van der Waals surface area contributed by atoms with Crippen molar-refractivity contribution in [2.75, 3.05) is 10.6 Å². The summed E-state index contributed by atoms with van der Waals surface area (Å²) in [5.41, 5.74) is 1.34. The standard InChI is InChI=1S/C18H13ClN2O3/c19-12-7-9-13(10-8-12)20-17(22)14-4-1-2-5-15(14)21-18(23)16-6-3-11-24-16/h1-11H,(H,20,22)(H,21,23). The van der Waals surface area contributed by atoms with E-state index in [1.807, 2.05) is 0 Å². The topological polar surface area (TPSA) is 71.3 Å². The molecule has 5 nitrogen and oxygen atoms in total. The fraction of sp³-hybridized carbons (Fsp3) is 0. The van der Waals surface area contributed by atoms with Crippen LogP contribution in [0.15, 0.2) is 71.3 Å². The fourth-order valence-corrected chi connectivity index (χ4v) is 2.24. The van der Waals surface area contributed by atoms with Crippen molar-refractivity contribution < 1.29 is 14.0 Å². The minimum atomic E-state index is -0.424. The minimum Gasteiger partial charge on any atom is -0.459 e. The molecule has 0 bridgehead atoms. The molecule has 0 aliphatic rings. The van der Waals surface area contributed by atoms with E-state index in [0.29, 0.717) is 22.0 Å². The first kappa shape index (κ1) is 15.8. The zero-order valence-electron chi connectivity index (χ0n) is 12.5. The summed E-state index contributed by atoms with van der Waals surface area (Å²) in [6, 6.07) is 16.7. The van der Waals surface area contributed by atoms with E-state index in [1.165, 1.54) is 6.26 Å². The maximum Gasteiger partial charge on any atom is 0.291 e. The van der Waals surface area contributed by atoms with Gasteiger partial charge < -0.3 is 15.1 Å². The Kier molecular flexibility index (Phi) is 4.63. The van der Waals surface area contributed by atoms with Crippen molar-refractivity contribution in [3.8, 4) is 0 Å². The van der Waals surface area contributed by atoms with Crippen LogP contribution in [0.2, 0.25) is 5.02 Å². The lowest BCUT2D eigenvalue weighted by Gasteiger charge is -2.11. The second-order valence-corrected chi connectivity index (χ2v) is 5.37. The summed E-state index contributed by atoms with van der Waals surface area (Å²) in [5.74, 6) is -0.595. The lowest BCUT2D eigenvalue weighted by molar-refractivity contribution is 0.0996. The van der Waals surface area contributed by atoms with Gasteiger partial charge in [-0.2, -0.15) is 0 Å². The molecule has 3 aromatic rings. The lowest BCUT2D eigenvalue weighted by Crippen LogP contribution is -2.17. The maximum absolute atomic E-state index is 12.5. The third-order valence-corrected chi connectivity index (χ3v) is 3.52. The van der Waals surface area contributed by atoms with Crippen LogP contribution in [0.5, 0.6) is 0 Å². The number of hydrogen-bond donors (Lipinski definition) is 2. The van der Waals surface area contributed by atoms with Crippen LogP contribution in [0.1, 0.15) is 20.9 Å². The highest BCUT2D eigenvalue weighted by Gasteiger charge is 2.15. The molecule has 3 rings (SSSR count). The highest BCUT2D eigenvalue weighted by atomic mass is 35.5. The highest BCUT2D eigenvalue weighted by Crippen LogP contribution is 2.19. The molecule has 2 N–H and O–H groups in total. The summed E-state index contributed by atoms with van der Waals surface area (Å²) in [6.45, 7) is 0. The SMILES string of the molecule is O=C(Nc1ccccc1C(=O)Nc1ccc(Cl)cc1)c1ccco1. The average Bonchev–Trinajstić information content (AvgIpc) is 3.12.